The summed E-state index contributed by atoms with van der Waals surface area (Å²) in [5.74, 6) is 0.896. The highest BCUT2D eigenvalue weighted by atomic mass is 15.2. The molecule has 2 saturated heterocycles. The Bertz CT molecular complexity index is 322. The molecule has 0 radical (unpaired) electrons. The Balaban J connectivity index is 1.48. The van der Waals surface area contributed by atoms with E-state index in [1.807, 2.05) is 0 Å². The molecule has 2 aliphatic heterocycles. The molecule has 0 aromatic heterocycles. The molecule has 2 N–H and O–H groups in total. The lowest BCUT2D eigenvalue weighted by Crippen LogP contribution is -2.53. The molecule has 0 aromatic carbocycles. The number of likely N-dealkylation sites (tertiary alicyclic amines) is 1. The fourth-order valence-corrected chi connectivity index (χ4v) is 4.77. The van der Waals surface area contributed by atoms with E-state index >= 15 is 0 Å². The van der Waals surface area contributed by atoms with Crippen molar-refractivity contribution < 1.29 is 0 Å². The highest BCUT2D eigenvalue weighted by Crippen LogP contribution is 2.33. The predicted octanol–water partition coefficient (Wildman–Crippen LogP) is 2.76. The minimum absolute atomic E-state index is 0.342. The summed E-state index contributed by atoms with van der Waals surface area (Å²) in [6.07, 6.45) is 9.74. The topological polar surface area (TPSA) is 27.3 Å². The van der Waals surface area contributed by atoms with Crippen LogP contribution in [0.25, 0.3) is 0 Å². The first-order valence-corrected chi connectivity index (χ1v) is 9.28. The third-order valence-electron chi connectivity index (χ3n) is 6.08. The van der Waals surface area contributed by atoms with Gasteiger partial charge in [-0.3, -0.25) is 4.90 Å². The van der Waals surface area contributed by atoms with Crippen molar-refractivity contribution in [3.8, 4) is 0 Å². The average molecular weight is 293 g/mol. The summed E-state index contributed by atoms with van der Waals surface area (Å²) in [5.41, 5.74) is 0.342. The SMILES string of the molecule is CC(C)(C)N1CCC(NC2CCCC2C2CCCN2)CC1. The van der Waals surface area contributed by atoms with Crippen molar-refractivity contribution >= 4 is 0 Å². The quantitative estimate of drug-likeness (QED) is 0.838. The Labute approximate surface area is 131 Å². The van der Waals surface area contributed by atoms with Crippen molar-refractivity contribution in [2.24, 2.45) is 5.92 Å². The predicted molar refractivity (Wildman–Crippen MR) is 89.6 cm³/mol. The Hall–Kier alpha value is -0.120. The standard InChI is InChI=1S/C18H35N3/c1-18(2,3)21-12-9-14(10-13-21)20-17-7-4-6-15(17)16-8-5-11-19-16/h14-17,19-20H,4-13H2,1-3H3. The first-order valence-electron chi connectivity index (χ1n) is 9.28. The normalized spacial score (nSPS) is 36.4. The van der Waals surface area contributed by atoms with Crippen LogP contribution in [0.4, 0.5) is 0 Å². The van der Waals surface area contributed by atoms with Gasteiger partial charge in [0.2, 0.25) is 0 Å². The van der Waals surface area contributed by atoms with Crippen molar-refractivity contribution in [1.29, 1.82) is 0 Å². The van der Waals surface area contributed by atoms with Gasteiger partial charge in [0, 0.05) is 36.8 Å². The third-order valence-corrected chi connectivity index (χ3v) is 6.08. The number of nitrogens with one attached hydrogen (secondary N) is 2. The van der Waals surface area contributed by atoms with Gasteiger partial charge in [-0.25, -0.2) is 0 Å². The minimum Gasteiger partial charge on any atom is -0.314 e. The molecule has 1 aliphatic carbocycles. The molecule has 2 heterocycles. The van der Waals surface area contributed by atoms with E-state index in [2.05, 4.69) is 36.3 Å². The largest absolute Gasteiger partial charge is 0.314 e. The molecule has 3 nitrogen and oxygen atoms in total. The van der Waals surface area contributed by atoms with Crippen LogP contribution in [0.3, 0.4) is 0 Å². The zero-order valence-corrected chi connectivity index (χ0v) is 14.3. The molecule has 3 fully saturated rings. The second-order valence-corrected chi connectivity index (χ2v) is 8.50. The molecule has 3 rings (SSSR count). The molecular formula is C18H35N3. The highest BCUT2D eigenvalue weighted by Gasteiger charge is 2.36. The molecule has 3 unspecified atom stereocenters. The lowest BCUT2D eigenvalue weighted by molar-refractivity contribution is 0.0915. The second-order valence-electron chi connectivity index (χ2n) is 8.50. The van der Waals surface area contributed by atoms with Crippen LogP contribution in [0.15, 0.2) is 0 Å². The van der Waals surface area contributed by atoms with Crippen LogP contribution in [0.2, 0.25) is 0 Å². The van der Waals surface area contributed by atoms with E-state index in [0.29, 0.717) is 5.54 Å². The summed E-state index contributed by atoms with van der Waals surface area (Å²) in [4.78, 5) is 2.65. The maximum absolute atomic E-state index is 4.05. The molecule has 3 aliphatic rings. The summed E-state index contributed by atoms with van der Waals surface area (Å²) >= 11 is 0. The Kier molecular flexibility index (Phi) is 4.92. The summed E-state index contributed by atoms with van der Waals surface area (Å²) in [6, 6.07) is 2.35. The lowest BCUT2D eigenvalue weighted by Gasteiger charge is -2.42. The molecule has 0 amide bonds. The Morgan fingerprint density at radius 3 is 2.33 bits per heavy atom. The van der Waals surface area contributed by atoms with Gasteiger partial charge in [0.25, 0.3) is 0 Å². The summed E-state index contributed by atoms with van der Waals surface area (Å²) < 4.78 is 0. The van der Waals surface area contributed by atoms with Gasteiger partial charge in [0.05, 0.1) is 0 Å². The van der Waals surface area contributed by atoms with Gasteiger partial charge in [-0.2, -0.15) is 0 Å². The number of rotatable bonds is 3. The van der Waals surface area contributed by atoms with E-state index < -0.39 is 0 Å². The molecule has 3 atom stereocenters. The van der Waals surface area contributed by atoms with E-state index in [1.165, 1.54) is 64.6 Å². The lowest BCUT2D eigenvalue weighted by atomic mass is 9.91. The smallest absolute Gasteiger partial charge is 0.0125 e. The van der Waals surface area contributed by atoms with Crippen LogP contribution in [0.1, 0.15) is 65.7 Å². The van der Waals surface area contributed by atoms with E-state index in [-0.39, 0.29) is 0 Å². The van der Waals surface area contributed by atoms with E-state index in [4.69, 9.17) is 0 Å². The van der Waals surface area contributed by atoms with Gasteiger partial charge in [-0.15, -0.1) is 0 Å². The highest BCUT2D eigenvalue weighted by molar-refractivity contribution is 4.95. The van der Waals surface area contributed by atoms with Crippen LogP contribution >= 0.6 is 0 Å². The fraction of sp³-hybridized carbons (Fsp3) is 1.00. The molecule has 122 valence electrons. The van der Waals surface area contributed by atoms with Crippen LogP contribution in [0.5, 0.6) is 0 Å². The average Bonchev–Trinajstić information content (AvgIpc) is 3.08. The van der Waals surface area contributed by atoms with E-state index in [9.17, 15) is 0 Å². The molecule has 1 saturated carbocycles. The number of nitrogens with zero attached hydrogens (tertiary/aromatic N) is 1. The minimum atomic E-state index is 0.342. The van der Waals surface area contributed by atoms with Gasteiger partial charge in [0.1, 0.15) is 0 Å². The molecule has 3 heteroatoms. The first-order chi connectivity index (χ1) is 10.0. The van der Waals surface area contributed by atoms with Crippen LogP contribution in [-0.4, -0.2) is 48.2 Å². The zero-order chi connectivity index (χ0) is 14.9. The maximum Gasteiger partial charge on any atom is 0.0125 e. The Morgan fingerprint density at radius 2 is 1.71 bits per heavy atom. The van der Waals surface area contributed by atoms with Crippen LogP contribution in [-0.2, 0) is 0 Å². The summed E-state index contributed by atoms with van der Waals surface area (Å²) in [5, 5.41) is 7.79. The number of hydrogen-bond acceptors (Lipinski definition) is 3. The van der Waals surface area contributed by atoms with Gasteiger partial charge in [-0.05, 0) is 71.8 Å². The summed E-state index contributed by atoms with van der Waals surface area (Å²) in [7, 11) is 0. The summed E-state index contributed by atoms with van der Waals surface area (Å²) in [6.45, 7) is 10.8. The molecule has 21 heavy (non-hydrogen) atoms. The van der Waals surface area contributed by atoms with Gasteiger partial charge >= 0.3 is 0 Å². The molecule has 0 bridgehead atoms. The number of piperidine rings is 1. The molecule has 0 aromatic rings. The number of hydrogen-bond donors (Lipinski definition) is 2. The van der Waals surface area contributed by atoms with Crippen molar-refractivity contribution in [3.63, 3.8) is 0 Å². The Morgan fingerprint density at radius 1 is 0.952 bits per heavy atom. The molecule has 0 spiro atoms. The van der Waals surface area contributed by atoms with Crippen LogP contribution in [0, 0.1) is 5.92 Å². The zero-order valence-electron chi connectivity index (χ0n) is 14.3. The third kappa shape index (κ3) is 3.80. The van der Waals surface area contributed by atoms with Crippen molar-refractivity contribution in [2.75, 3.05) is 19.6 Å². The molecular weight excluding hydrogens is 258 g/mol. The van der Waals surface area contributed by atoms with Crippen molar-refractivity contribution in [3.05, 3.63) is 0 Å². The van der Waals surface area contributed by atoms with Crippen LogP contribution < -0.4 is 10.6 Å². The first kappa shape index (κ1) is 15.8. The van der Waals surface area contributed by atoms with Crippen molar-refractivity contribution in [1.82, 2.24) is 15.5 Å². The van der Waals surface area contributed by atoms with E-state index in [0.717, 1.165) is 24.0 Å². The van der Waals surface area contributed by atoms with Crippen molar-refractivity contribution in [2.45, 2.75) is 89.4 Å². The van der Waals surface area contributed by atoms with Gasteiger partial charge in [0.15, 0.2) is 0 Å². The second kappa shape index (κ2) is 6.55. The van der Waals surface area contributed by atoms with E-state index in [1.54, 1.807) is 0 Å². The van der Waals surface area contributed by atoms with Gasteiger partial charge < -0.3 is 10.6 Å². The monoisotopic (exact) mass is 293 g/mol. The fourth-order valence-electron chi connectivity index (χ4n) is 4.77. The maximum atomic E-state index is 4.05. The van der Waals surface area contributed by atoms with Gasteiger partial charge in [-0.1, -0.05) is 6.42 Å².